The van der Waals surface area contributed by atoms with Crippen LogP contribution in [-0.2, 0) is 0 Å². The second kappa shape index (κ2) is 5.90. The SMILES string of the molecule is CCN(CCC#N)C(=O)c1cc(N)ccc1C. The van der Waals surface area contributed by atoms with E-state index < -0.39 is 0 Å². The van der Waals surface area contributed by atoms with Gasteiger partial charge in [0.1, 0.15) is 0 Å². The van der Waals surface area contributed by atoms with Crippen molar-refractivity contribution in [1.29, 1.82) is 5.26 Å². The number of carbonyl (C=O) groups is 1. The maximum absolute atomic E-state index is 12.2. The van der Waals surface area contributed by atoms with Gasteiger partial charge in [-0.2, -0.15) is 5.26 Å². The molecule has 1 rings (SSSR count). The molecule has 0 bridgehead atoms. The lowest BCUT2D eigenvalue weighted by Crippen LogP contribution is -2.32. The summed E-state index contributed by atoms with van der Waals surface area (Å²) in [4.78, 5) is 13.9. The average molecular weight is 231 g/mol. The Hall–Kier alpha value is -2.02. The summed E-state index contributed by atoms with van der Waals surface area (Å²) in [6.45, 7) is 4.83. The Morgan fingerprint density at radius 2 is 2.24 bits per heavy atom. The Bertz CT molecular complexity index is 448. The van der Waals surface area contributed by atoms with Gasteiger partial charge in [-0.1, -0.05) is 6.07 Å². The maximum atomic E-state index is 12.2. The van der Waals surface area contributed by atoms with Gasteiger partial charge in [0, 0.05) is 24.3 Å². The van der Waals surface area contributed by atoms with Gasteiger partial charge >= 0.3 is 0 Å². The standard InChI is InChI=1S/C13H17N3O/c1-3-16(8-4-7-14)13(17)12-9-11(15)6-5-10(12)2/h5-6,9H,3-4,8,15H2,1-2H3. The molecule has 0 spiro atoms. The van der Waals surface area contributed by atoms with Crippen molar-refractivity contribution in [3.8, 4) is 6.07 Å². The van der Waals surface area contributed by atoms with Crippen molar-refractivity contribution in [2.45, 2.75) is 20.3 Å². The molecule has 1 amide bonds. The van der Waals surface area contributed by atoms with Crippen LogP contribution in [0, 0.1) is 18.3 Å². The zero-order valence-electron chi connectivity index (χ0n) is 10.2. The molecule has 0 atom stereocenters. The van der Waals surface area contributed by atoms with Crippen LogP contribution in [0.2, 0.25) is 0 Å². The van der Waals surface area contributed by atoms with E-state index in [2.05, 4.69) is 0 Å². The van der Waals surface area contributed by atoms with Crippen LogP contribution in [0.25, 0.3) is 0 Å². The minimum atomic E-state index is -0.0625. The van der Waals surface area contributed by atoms with Crippen LogP contribution in [0.3, 0.4) is 0 Å². The van der Waals surface area contributed by atoms with E-state index in [-0.39, 0.29) is 5.91 Å². The molecule has 1 aromatic carbocycles. The lowest BCUT2D eigenvalue weighted by Gasteiger charge is -2.20. The molecule has 0 aliphatic heterocycles. The third-order valence-corrected chi connectivity index (χ3v) is 2.65. The Kier molecular flexibility index (Phi) is 4.53. The van der Waals surface area contributed by atoms with Gasteiger partial charge in [-0.15, -0.1) is 0 Å². The van der Waals surface area contributed by atoms with Gasteiger partial charge in [-0.25, -0.2) is 0 Å². The van der Waals surface area contributed by atoms with Gasteiger partial charge < -0.3 is 10.6 Å². The number of nitriles is 1. The molecule has 0 aromatic heterocycles. The molecule has 0 aliphatic carbocycles. The number of carbonyl (C=O) groups excluding carboxylic acids is 1. The van der Waals surface area contributed by atoms with E-state index in [0.717, 1.165) is 5.56 Å². The lowest BCUT2D eigenvalue weighted by molar-refractivity contribution is 0.0767. The number of anilines is 1. The number of amides is 1. The summed E-state index contributed by atoms with van der Waals surface area (Å²) in [5.74, 6) is -0.0625. The summed E-state index contributed by atoms with van der Waals surface area (Å²) in [5.41, 5.74) is 7.78. The fraction of sp³-hybridized carbons (Fsp3) is 0.385. The number of nitrogen functional groups attached to an aromatic ring is 1. The molecule has 0 saturated heterocycles. The first-order chi connectivity index (χ1) is 8.10. The van der Waals surface area contributed by atoms with Crippen LogP contribution < -0.4 is 5.73 Å². The summed E-state index contributed by atoms with van der Waals surface area (Å²) in [6, 6.07) is 7.34. The summed E-state index contributed by atoms with van der Waals surface area (Å²) in [7, 11) is 0. The summed E-state index contributed by atoms with van der Waals surface area (Å²) in [6.07, 6.45) is 0.348. The number of hydrogen-bond donors (Lipinski definition) is 1. The van der Waals surface area contributed by atoms with E-state index in [1.165, 1.54) is 0 Å². The van der Waals surface area contributed by atoms with Crippen molar-refractivity contribution in [2.24, 2.45) is 0 Å². The minimum Gasteiger partial charge on any atom is -0.399 e. The van der Waals surface area contributed by atoms with E-state index in [0.29, 0.717) is 30.8 Å². The highest BCUT2D eigenvalue weighted by Crippen LogP contribution is 2.15. The zero-order valence-corrected chi connectivity index (χ0v) is 10.2. The Morgan fingerprint density at radius 1 is 1.53 bits per heavy atom. The van der Waals surface area contributed by atoms with Gasteiger partial charge in [0.05, 0.1) is 12.5 Å². The van der Waals surface area contributed by atoms with E-state index in [4.69, 9.17) is 11.0 Å². The van der Waals surface area contributed by atoms with Gasteiger partial charge in [0.15, 0.2) is 0 Å². The fourth-order valence-corrected chi connectivity index (χ4v) is 1.63. The molecule has 1 aromatic rings. The van der Waals surface area contributed by atoms with Crippen LogP contribution in [-0.4, -0.2) is 23.9 Å². The second-order valence-electron chi connectivity index (χ2n) is 3.87. The molecule has 0 fully saturated rings. The fourth-order valence-electron chi connectivity index (χ4n) is 1.63. The highest BCUT2D eigenvalue weighted by atomic mass is 16.2. The molecule has 0 radical (unpaired) electrons. The van der Waals surface area contributed by atoms with Crippen LogP contribution in [0.4, 0.5) is 5.69 Å². The predicted molar refractivity (Wildman–Crippen MR) is 67.4 cm³/mol. The molecule has 0 saturated carbocycles. The molecule has 0 heterocycles. The largest absolute Gasteiger partial charge is 0.399 e. The number of hydrogen-bond acceptors (Lipinski definition) is 3. The molecule has 0 aliphatic rings. The zero-order chi connectivity index (χ0) is 12.8. The van der Waals surface area contributed by atoms with Crippen molar-refractivity contribution in [3.63, 3.8) is 0 Å². The highest BCUT2D eigenvalue weighted by molar-refractivity contribution is 5.96. The number of rotatable bonds is 4. The average Bonchev–Trinajstić information content (AvgIpc) is 2.33. The first-order valence-electron chi connectivity index (χ1n) is 5.62. The van der Waals surface area contributed by atoms with Crippen molar-refractivity contribution in [3.05, 3.63) is 29.3 Å². The summed E-state index contributed by atoms with van der Waals surface area (Å²) >= 11 is 0. The lowest BCUT2D eigenvalue weighted by atomic mass is 10.1. The van der Waals surface area contributed by atoms with Crippen LogP contribution >= 0.6 is 0 Å². The number of benzene rings is 1. The number of nitrogens with two attached hydrogens (primary N) is 1. The van der Waals surface area contributed by atoms with Gasteiger partial charge in [-0.05, 0) is 31.5 Å². The Morgan fingerprint density at radius 3 is 2.82 bits per heavy atom. The van der Waals surface area contributed by atoms with E-state index in [9.17, 15) is 4.79 Å². The molecular weight excluding hydrogens is 214 g/mol. The molecule has 90 valence electrons. The number of aryl methyl sites for hydroxylation is 1. The molecule has 2 N–H and O–H groups in total. The summed E-state index contributed by atoms with van der Waals surface area (Å²) < 4.78 is 0. The van der Waals surface area contributed by atoms with E-state index >= 15 is 0 Å². The van der Waals surface area contributed by atoms with Crippen molar-refractivity contribution in [2.75, 3.05) is 18.8 Å². The minimum absolute atomic E-state index is 0.0625. The predicted octanol–water partition coefficient (Wildman–Crippen LogP) is 1.95. The van der Waals surface area contributed by atoms with Gasteiger partial charge in [0.2, 0.25) is 0 Å². The third-order valence-electron chi connectivity index (χ3n) is 2.65. The molecule has 0 unspecified atom stereocenters. The molecule has 17 heavy (non-hydrogen) atoms. The normalized spacial score (nSPS) is 9.71. The first kappa shape index (κ1) is 13.0. The van der Waals surface area contributed by atoms with Crippen molar-refractivity contribution < 1.29 is 4.79 Å². The monoisotopic (exact) mass is 231 g/mol. The molecular formula is C13H17N3O. The van der Waals surface area contributed by atoms with Gasteiger partial charge in [-0.3, -0.25) is 4.79 Å². The van der Waals surface area contributed by atoms with Crippen LogP contribution in [0.1, 0.15) is 29.3 Å². The first-order valence-corrected chi connectivity index (χ1v) is 5.62. The van der Waals surface area contributed by atoms with Crippen molar-refractivity contribution in [1.82, 2.24) is 4.90 Å². The topological polar surface area (TPSA) is 70.1 Å². The number of nitrogens with zero attached hydrogens (tertiary/aromatic N) is 2. The van der Waals surface area contributed by atoms with Crippen molar-refractivity contribution >= 4 is 11.6 Å². The van der Waals surface area contributed by atoms with E-state index in [1.54, 1.807) is 17.0 Å². The van der Waals surface area contributed by atoms with E-state index in [1.807, 2.05) is 26.0 Å². The van der Waals surface area contributed by atoms with Gasteiger partial charge in [0.25, 0.3) is 5.91 Å². The quantitative estimate of drug-likeness (QED) is 0.805. The molecule has 4 nitrogen and oxygen atoms in total. The second-order valence-corrected chi connectivity index (χ2v) is 3.87. The smallest absolute Gasteiger partial charge is 0.254 e. The Labute approximate surface area is 102 Å². The maximum Gasteiger partial charge on any atom is 0.254 e. The summed E-state index contributed by atoms with van der Waals surface area (Å²) in [5, 5.41) is 8.55. The third kappa shape index (κ3) is 3.22. The Balaban J connectivity index is 2.94. The highest BCUT2D eigenvalue weighted by Gasteiger charge is 2.15. The van der Waals surface area contributed by atoms with Crippen LogP contribution in [0.5, 0.6) is 0 Å². The molecule has 4 heteroatoms. The van der Waals surface area contributed by atoms with Crippen LogP contribution in [0.15, 0.2) is 18.2 Å².